The molecular formula is C20H41ClMg. The molecule has 0 aromatic heterocycles. The van der Waals surface area contributed by atoms with Crippen molar-refractivity contribution in [3.63, 3.8) is 0 Å². The van der Waals surface area contributed by atoms with Crippen LogP contribution in [0, 0.1) is 6.92 Å². The molecular weight excluding hydrogens is 300 g/mol. The molecule has 0 N–H and O–H groups in total. The van der Waals surface area contributed by atoms with Gasteiger partial charge in [0.2, 0.25) is 0 Å². The van der Waals surface area contributed by atoms with Crippen molar-refractivity contribution in [3.8, 4) is 0 Å². The quantitative estimate of drug-likeness (QED) is 0.208. The fraction of sp³-hybridized carbons (Fsp3) is 0.950. The van der Waals surface area contributed by atoms with Crippen LogP contribution < -0.4 is 12.4 Å². The predicted molar refractivity (Wildman–Crippen MR) is 99.9 cm³/mol. The van der Waals surface area contributed by atoms with Gasteiger partial charge in [0.25, 0.3) is 0 Å². The van der Waals surface area contributed by atoms with Gasteiger partial charge in [0.05, 0.1) is 0 Å². The van der Waals surface area contributed by atoms with Crippen LogP contribution in [0.25, 0.3) is 0 Å². The van der Waals surface area contributed by atoms with Crippen LogP contribution in [0.3, 0.4) is 0 Å². The average molecular weight is 341 g/mol. The Labute approximate surface area is 164 Å². The molecule has 0 aliphatic rings. The molecule has 0 aromatic rings. The minimum Gasteiger partial charge on any atom is -1.00 e. The number of hydrogen-bond acceptors (Lipinski definition) is 0. The Bertz CT molecular complexity index is 144. The largest absolute Gasteiger partial charge is 2.00 e. The van der Waals surface area contributed by atoms with E-state index in [1.54, 1.807) is 0 Å². The van der Waals surface area contributed by atoms with Crippen LogP contribution in [0.5, 0.6) is 0 Å². The van der Waals surface area contributed by atoms with E-state index < -0.39 is 0 Å². The normalized spacial score (nSPS) is 10.1. The van der Waals surface area contributed by atoms with Gasteiger partial charge in [-0.05, 0) is 0 Å². The van der Waals surface area contributed by atoms with E-state index in [1.807, 2.05) is 0 Å². The maximum atomic E-state index is 3.89. The maximum Gasteiger partial charge on any atom is 2.00 e. The predicted octanol–water partition coefficient (Wildman–Crippen LogP) is 4.49. The van der Waals surface area contributed by atoms with Crippen molar-refractivity contribution in [3.05, 3.63) is 6.92 Å². The van der Waals surface area contributed by atoms with Gasteiger partial charge in [-0.2, -0.15) is 6.42 Å². The Hall–Kier alpha value is 1.06. The standard InChI is InChI=1S/C20H41.ClH.Mg/c1-3-5-7-9-11-13-15-17-19-20-18-16-14-12-10-8-6-4-2;;/h1,3-20H2,2H3;1H;/q-1;;+2/p-1. The number of unbranched alkanes of at least 4 members (excludes halogenated alkanes) is 17. The van der Waals surface area contributed by atoms with Gasteiger partial charge in [0, 0.05) is 0 Å². The second kappa shape index (κ2) is 26.9. The number of rotatable bonds is 17. The summed E-state index contributed by atoms with van der Waals surface area (Å²) in [5.41, 5.74) is 0. The van der Waals surface area contributed by atoms with Crippen molar-refractivity contribution < 1.29 is 12.4 Å². The minimum absolute atomic E-state index is 0. The van der Waals surface area contributed by atoms with Gasteiger partial charge in [0.1, 0.15) is 0 Å². The van der Waals surface area contributed by atoms with E-state index in [4.69, 9.17) is 0 Å². The van der Waals surface area contributed by atoms with E-state index in [0.717, 1.165) is 6.42 Å². The van der Waals surface area contributed by atoms with Crippen molar-refractivity contribution in [2.75, 3.05) is 0 Å². The summed E-state index contributed by atoms with van der Waals surface area (Å²) in [5, 5.41) is 0. The molecule has 0 heterocycles. The monoisotopic (exact) mass is 340 g/mol. The summed E-state index contributed by atoms with van der Waals surface area (Å²) in [7, 11) is 0. The first-order valence-electron chi connectivity index (χ1n) is 9.71. The van der Waals surface area contributed by atoms with E-state index in [-0.39, 0.29) is 35.5 Å². The molecule has 130 valence electrons. The van der Waals surface area contributed by atoms with Crippen LogP contribution in [0.2, 0.25) is 0 Å². The summed E-state index contributed by atoms with van der Waals surface area (Å²) >= 11 is 0. The second-order valence-corrected chi connectivity index (χ2v) is 6.51. The first-order valence-corrected chi connectivity index (χ1v) is 9.71. The average Bonchev–Trinajstić information content (AvgIpc) is 2.47. The Morgan fingerprint density at radius 2 is 0.682 bits per heavy atom. The van der Waals surface area contributed by atoms with Crippen molar-refractivity contribution >= 4 is 23.1 Å². The third-order valence-corrected chi connectivity index (χ3v) is 4.35. The van der Waals surface area contributed by atoms with Crippen LogP contribution in [-0.2, 0) is 0 Å². The minimum atomic E-state index is 0. The third-order valence-electron chi connectivity index (χ3n) is 4.35. The molecule has 0 aliphatic carbocycles. The van der Waals surface area contributed by atoms with Crippen molar-refractivity contribution in [2.45, 2.75) is 122 Å². The molecule has 22 heavy (non-hydrogen) atoms. The number of halogens is 1. The van der Waals surface area contributed by atoms with Crippen molar-refractivity contribution in [1.82, 2.24) is 0 Å². The molecule has 0 nitrogen and oxygen atoms in total. The molecule has 0 bridgehead atoms. The molecule has 0 atom stereocenters. The van der Waals surface area contributed by atoms with E-state index in [9.17, 15) is 0 Å². The van der Waals surface area contributed by atoms with E-state index in [2.05, 4.69) is 13.8 Å². The van der Waals surface area contributed by atoms with Gasteiger partial charge < -0.3 is 19.3 Å². The summed E-state index contributed by atoms with van der Waals surface area (Å²) in [6.45, 7) is 6.19. The molecule has 0 aliphatic heterocycles. The zero-order valence-electron chi connectivity index (χ0n) is 15.5. The Balaban J connectivity index is -0.00000180. The topological polar surface area (TPSA) is 0 Å². The molecule has 0 fully saturated rings. The van der Waals surface area contributed by atoms with Crippen LogP contribution in [0.1, 0.15) is 122 Å². The van der Waals surface area contributed by atoms with E-state index >= 15 is 0 Å². The summed E-state index contributed by atoms with van der Waals surface area (Å²) < 4.78 is 0. The van der Waals surface area contributed by atoms with Crippen LogP contribution >= 0.6 is 0 Å². The van der Waals surface area contributed by atoms with E-state index in [1.165, 1.54) is 109 Å². The molecule has 0 unspecified atom stereocenters. The van der Waals surface area contributed by atoms with Gasteiger partial charge in [-0.3, -0.25) is 0 Å². The van der Waals surface area contributed by atoms with Crippen molar-refractivity contribution in [2.24, 2.45) is 0 Å². The number of hydrogen-bond donors (Lipinski definition) is 0. The van der Waals surface area contributed by atoms with Crippen LogP contribution in [0.15, 0.2) is 0 Å². The van der Waals surface area contributed by atoms with Crippen LogP contribution in [0.4, 0.5) is 0 Å². The molecule has 0 amide bonds. The molecule has 0 aromatic carbocycles. The first kappa shape index (κ1) is 27.9. The zero-order chi connectivity index (χ0) is 14.7. The fourth-order valence-electron chi connectivity index (χ4n) is 2.90. The molecule has 0 radical (unpaired) electrons. The first-order chi connectivity index (χ1) is 9.91. The van der Waals surface area contributed by atoms with E-state index in [0.29, 0.717) is 0 Å². The fourth-order valence-corrected chi connectivity index (χ4v) is 2.90. The van der Waals surface area contributed by atoms with Gasteiger partial charge in [-0.15, -0.1) is 0 Å². The smallest absolute Gasteiger partial charge is 1.00 e. The molecule has 0 saturated carbocycles. The summed E-state index contributed by atoms with van der Waals surface area (Å²) in [6.07, 6.45) is 25.8. The summed E-state index contributed by atoms with van der Waals surface area (Å²) in [6, 6.07) is 0. The van der Waals surface area contributed by atoms with Gasteiger partial charge in [-0.1, -0.05) is 116 Å². The Kier molecular flexibility index (Phi) is 34.1. The SMILES string of the molecule is [CH2-]CCCCCCCCCCCCCCCCCCC.[Cl-].[Mg+2]. The Morgan fingerprint density at radius 1 is 0.455 bits per heavy atom. The third kappa shape index (κ3) is 26.0. The Morgan fingerprint density at radius 3 is 0.909 bits per heavy atom. The van der Waals surface area contributed by atoms with Crippen LogP contribution in [-0.4, -0.2) is 23.1 Å². The maximum absolute atomic E-state index is 3.89. The molecule has 2 heteroatoms. The summed E-state index contributed by atoms with van der Waals surface area (Å²) in [4.78, 5) is 0. The van der Waals surface area contributed by atoms with Gasteiger partial charge in [0.15, 0.2) is 0 Å². The zero-order valence-corrected chi connectivity index (χ0v) is 17.7. The van der Waals surface area contributed by atoms with Gasteiger partial charge in [-0.25, -0.2) is 0 Å². The molecule has 0 rings (SSSR count). The van der Waals surface area contributed by atoms with Gasteiger partial charge >= 0.3 is 23.1 Å². The molecule has 0 saturated heterocycles. The molecule has 0 spiro atoms. The second-order valence-electron chi connectivity index (χ2n) is 6.51. The summed E-state index contributed by atoms with van der Waals surface area (Å²) in [5.74, 6) is 0. The van der Waals surface area contributed by atoms with Crippen molar-refractivity contribution in [1.29, 1.82) is 0 Å².